The van der Waals surface area contributed by atoms with Crippen molar-refractivity contribution in [1.82, 2.24) is 5.43 Å². The first-order valence-corrected chi connectivity index (χ1v) is 9.23. The molecule has 7 heteroatoms. The Morgan fingerprint density at radius 3 is 2.83 bits per heavy atom. The average Bonchev–Trinajstić information content (AvgIpc) is 2.53. The van der Waals surface area contributed by atoms with Crippen molar-refractivity contribution in [2.45, 2.75) is 13.8 Å². The lowest BCUT2D eigenvalue weighted by Crippen LogP contribution is -2.24. The predicted molar refractivity (Wildman–Crippen MR) is 111 cm³/mol. The molecule has 0 aromatic heterocycles. The molecule has 126 valence electrons. The maximum Gasteiger partial charge on any atom is 0.277 e. The van der Waals surface area contributed by atoms with E-state index in [-0.39, 0.29) is 18.3 Å². The van der Waals surface area contributed by atoms with Crippen molar-refractivity contribution in [1.29, 1.82) is 0 Å². The lowest BCUT2D eigenvalue weighted by molar-refractivity contribution is -0.123. The smallest absolute Gasteiger partial charge is 0.277 e. The minimum atomic E-state index is -0.369. The highest BCUT2D eigenvalue weighted by atomic mass is 127. The number of phenols is 1. The van der Waals surface area contributed by atoms with Crippen LogP contribution in [0.15, 0.2) is 35.4 Å². The quantitative estimate of drug-likeness (QED) is 0.339. The number of nitrogens with zero attached hydrogens (tertiary/aromatic N) is 1. The highest BCUT2D eigenvalue weighted by Gasteiger charge is 2.07. The molecule has 1 amide bonds. The summed E-state index contributed by atoms with van der Waals surface area (Å²) in [4.78, 5) is 11.8. The molecule has 2 N–H and O–H groups in total. The van der Waals surface area contributed by atoms with E-state index in [0.717, 1.165) is 18.3 Å². The zero-order valence-electron chi connectivity index (χ0n) is 13.1. The number of halogens is 2. The number of carbonyl (C=O) groups is 1. The summed E-state index contributed by atoms with van der Waals surface area (Å²) < 4.78 is 7.21. The molecule has 0 radical (unpaired) electrons. The first kappa shape index (κ1) is 19.0. The van der Waals surface area contributed by atoms with Crippen LogP contribution >= 0.6 is 45.2 Å². The molecule has 2 aromatic carbocycles. The van der Waals surface area contributed by atoms with Gasteiger partial charge in [-0.15, -0.1) is 0 Å². The van der Waals surface area contributed by atoms with Crippen molar-refractivity contribution >= 4 is 57.3 Å². The fraction of sp³-hybridized carbons (Fsp3) is 0.176. The Morgan fingerprint density at radius 2 is 2.08 bits per heavy atom. The Bertz CT molecular complexity index is 792. The number of hydrogen-bond acceptors (Lipinski definition) is 4. The maximum atomic E-state index is 11.8. The minimum Gasteiger partial charge on any atom is -0.506 e. The summed E-state index contributed by atoms with van der Waals surface area (Å²) in [6.45, 7) is 3.81. The van der Waals surface area contributed by atoms with E-state index in [4.69, 9.17) is 4.74 Å². The summed E-state index contributed by atoms with van der Waals surface area (Å²) in [5.74, 6) is 0.451. The second-order valence-electron chi connectivity index (χ2n) is 5.11. The molecule has 0 heterocycles. The SMILES string of the molecule is Cc1cccc(OCC(=O)NN=Cc2cc(I)cc(I)c2O)c1C. The molecule has 2 rings (SSSR count). The number of aromatic hydroxyl groups is 1. The van der Waals surface area contributed by atoms with Gasteiger partial charge in [0.25, 0.3) is 5.91 Å². The fourth-order valence-electron chi connectivity index (χ4n) is 1.91. The van der Waals surface area contributed by atoms with E-state index in [1.165, 1.54) is 6.21 Å². The second-order valence-corrected chi connectivity index (χ2v) is 7.51. The number of hydrazone groups is 1. The van der Waals surface area contributed by atoms with Crippen molar-refractivity contribution in [3.8, 4) is 11.5 Å². The molecule has 0 atom stereocenters. The van der Waals surface area contributed by atoms with Gasteiger partial charge in [-0.1, -0.05) is 12.1 Å². The highest BCUT2D eigenvalue weighted by Crippen LogP contribution is 2.25. The third-order valence-corrected chi connectivity index (χ3v) is 4.81. The molecular weight excluding hydrogens is 534 g/mol. The van der Waals surface area contributed by atoms with Crippen LogP contribution in [0.4, 0.5) is 0 Å². The number of nitrogens with one attached hydrogen (secondary N) is 1. The Hall–Kier alpha value is -1.36. The van der Waals surface area contributed by atoms with E-state index in [9.17, 15) is 9.90 Å². The zero-order chi connectivity index (χ0) is 17.7. The molecule has 5 nitrogen and oxygen atoms in total. The van der Waals surface area contributed by atoms with Crippen LogP contribution in [0.3, 0.4) is 0 Å². The van der Waals surface area contributed by atoms with E-state index in [2.05, 4.69) is 33.1 Å². The fourth-order valence-corrected chi connectivity index (χ4v) is 3.80. The third-order valence-electron chi connectivity index (χ3n) is 3.36. The zero-order valence-corrected chi connectivity index (χ0v) is 17.5. The number of amides is 1. The molecule has 24 heavy (non-hydrogen) atoms. The molecule has 0 aliphatic carbocycles. The maximum absolute atomic E-state index is 11.8. The molecule has 0 fully saturated rings. The van der Waals surface area contributed by atoms with Gasteiger partial charge >= 0.3 is 0 Å². The van der Waals surface area contributed by atoms with Gasteiger partial charge in [0.2, 0.25) is 0 Å². The van der Waals surface area contributed by atoms with Crippen LogP contribution < -0.4 is 10.2 Å². The lowest BCUT2D eigenvalue weighted by Gasteiger charge is -2.09. The predicted octanol–water partition coefficient (Wildman–Crippen LogP) is 3.75. The summed E-state index contributed by atoms with van der Waals surface area (Å²) in [6, 6.07) is 9.33. The van der Waals surface area contributed by atoms with Crippen molar-refractivity contribution in [2.75, 3.05) is 6.61 Å². The van der Waals surface area contributed by atoms with Crippen LogP contribution in [0.1, 0.15) is 16.7 Å². The Morgan fingerprint density at radius 1 is 1.33 bits per heavy atom. The van der Waals surface area contributed by atoms with E-state index < -0.39 is 0 Å². The van der Waals surface area contributed by atoms with Gasteiger partial charge in [0.1, 0.15) is 11.5 Å². The van der Waals surface area contributed by atoms with E-state index in [1.807, 2.05) is 60.7 Å². The number of benzene rings is 2. The summed E-state index contributed by atoms with van der Waals surface area (Å²) in [5, 5.41) is 13.8. The minimum absolute atomic E-state index is 0.128. The molecule has 0 saturated carbocycles. The van der Waals surface area contributed by atoms with Crippen molar-refractivity contribution in [3.05, 3.63) is 54.2 Å². The standard InChI is InChI=1S/C17H16I2N2O3/c1-10-4-3-5-15(11(10)2)24-9-16(22)21-20-8-12-6-13(18)7-14(19)17(12)23/h3-8,23H,9H2,1-2H3,(H,21,22). The second kappa shape index (κ2) is 8.65. The molecule has 2 aromatic rings. The Kier molecular flexibility index (Phi) is 6.84. The van der Waals surface area contributed by atoms with Gasteiger partial charge in [-0.3, -0.25) is 4.79 Å². The topological polar surface area (TPSA) is 70.9 Å². The number of ether oxygens (including phenoxy) is 1. The normalized spacial score (nSPS) is 10.8. The van der Waals surface area contributed by atoms with Crippen LogP contribution in [-0.2, 0) is 4.79 Å². The van der Waals surface area contributed by atoms with Gasteiger partial charge in [0.15, 0.2) is 6.61 Å². The summed E-state index contributed by atoms with van der Waals surface area (Å²) >= 11 is 4.20. The number of carbonyl (C=O) groups excluding carboxylic acids is 1. The number of hydrogen-bond donors (Lipinski definition) is 2. The number of aryl methyl sites for hydroxylation is 1. The van der Waals surface area contributed by atoms with Gasteiger partial charge < -0.3 is 9.84 Å². The summed E-state index contributed by atoms with van der Waals surface area (Å²) in [6.07, 6.45) is 1.41. The molecule has 0 spiro atoms. The van der Waals surface area contributed by atoms with Crippen LogP contribution in [0.25, 0.3) is 0 Å². The largest absolute Gasteiger partial charge is 0.506 e. The van der Waals surface area contributed by atoms with Crippen molar-refractivity contribution in [2.24, 2.45) is 5.10 Å². The Balaban J connectivity index is 1.93. The van der Waals surface area contributed by atoms with Gasteiger partial charge in [0.05, 0.1) is 9.78 Å². The van der Waals surface area contributed by atoms with Gasteiger partial charge in [-0.25, -0.2) is 5.43 Å². The molecule has 0 aliphatic rings. The van der Waals surface area contributed by atoms with E-state index in [0.29, 0.717) is 11.3 Å². The van der Waals surface area contributed by atoms with E-state index >= 15 is 0 Å². The van der Waals surface area contributed by atoms with Crippen LogP contribution in [0.5, 0.6) is 11.5 Å². The lowest BCUT2D eigenvalue weighted by atomic mass is 10.1. The first-order chi connectivity index (χ1) is 11.4. The van der Waals surface area contributed by atoms with Crippen LogP contribution in [0.2, 0.25) is 0 Å². The highest BCUT2D eigenvalue weighted by molar-refractivity contribution is 14.1. The molecule has 0 saturated heterocycles. The number of phenolic OH excluding ortho intramolecular Hbond substituents is 1. The van der Waals surface area contributed by atoms with Gasteiger partial charge in [-0.05, 0) is 88.4 Å². The van der Waals surface area contributed by atoms with Crippen molar-refractivity contribution < 1.29 is 14.6 Å². The summed E-state index contributed by atoms with van der Waals surface area (Å²) in [5.41, 5.74) is 5.05. The molecule has 0 bridgehead atoms. The number of rotatable bonds is 5. The van der Waals surface area contributed by atoms with Crippen molar-refractivity contribution in [3.63, 3.8) is 0 Å². The average molecular weight is 550 g/mol. The third kappa shape index (κ3) is 5.07. The molecule has 0 unspecified atom stereocenters. The van der Waals surface area contributed by atoms with Crippen LogP contribution in [0, 0.1) is 21.0 Å². The molecular formula is C17H16I2N2O3. The van der Waals surface area contributed by atoms with Crippen LogP contribution in [-0.4, -0.2) is 23.8 Å². The molecule has 0 aliphatic heterocycles. The Labute approximate surface area is 167 Å². The van der Waals surface area contributed by atoms with Gasteiger partial charge in [-0.2, -0.15) is 5.10 Å². The monoisotopic (exact) mass is 550 g/mol. The van der Waals surface area contributed by atoms with E-state index in [1.54, 1.807) is 6.07 Å². The summed E-state index contributed by atoms with van der Waals surface area (Å²) in [7, 11) is 0. The first-order valence-electron chi connectivity index (χ1n) is 7.07. The van der Waals surface area contributed by atoms with Gasteiger partial charge in [0, 0.05) is 9.13 Å².